The van der Waals surface area contributed by atoms with Crippen LogP contribution in [0.2, 0.25) is 0 Å². The quantitative estimate of drug-likeness (QED) is 0.559. The first kappa shape index (κ1) is 29.1. The van der Waals surface area contributed by atoms with Crippen molar-refractivity contribution in [2.24, 2.45) is 5.92 Å². The number of benzene rings is 1. The molecule has 38 heavy (non-hydrogen) atoms. The van der Waals surface area contributed by atoms with Gasteiger partial charge in [-0.1, -0.05) is 19.1 Å². The predicted molar refractivity (Wildman–Crippen MR) is 145 cm³/mol. The second-order valence-corrected chi connectivity index (χ2v) is 10.5. The third-order valence-electron chi connectivity index (χ3n) is 6.72. The summed E-state index contributed by atoms with van der Waals surface area (Å²) in [6.07, 6.45) is 1.22. The molecule has 0 radical (unpaired) electrons. The molecule has 0 spiro atoms. The van der Waals surface area contributed by atoms with Gasteiger partial charge in [0.05, 0.1) is 25.7 Å². The second kappa shape index (κ2) is 12.4. The Labute approximate surface area is 224 Å². The molecule has 0 saturated carbocycles. The number of carbonyl (C=O) groups excluding carboxylic acids is 3. The Bertz CT molecular complexity index is 1150. The number of rotatable bonds is 8. The van der Waals surface area contributed by atoms with Crippen LogP contribution in [0.1, 0.15) is 34.6 Å². The van der Waals surface area contributed by atoms with Crippen molar-refractivity contribution in [2.75, 3.05) is 61.5 Å². The van der Waals surface area contributed by atoms with Gasteiger partial charge < -0.3 is 29.4 Å². The Balaban J connectivity index is 1.98. The molecule has 1 aliphatic heterocycles. The molecule has 1 N–H and O–H groups in total. The normalized spacial score (nSPS) is 18.2. The number of aliphatic hydroxyl groups excluding tert-OH is 1. The molecule has 0 fully saturated rings. The van der Waals surface area contributed by atoms with Crippen molar-refractivity contribution in [2.45, 2.75) is 26.0 Å². The number of amides is 3. The average Bonchev–Trinajstić information content (AvgIpc) is 2.89. The van der Waals surface area contributed by atoms with Gasteiger partial charge in [-0.15, -0.1) is 0 Å². The summed E-state index contributed by atoms with van der Waals surface area (Å²) >= 11 is 0. The first-order valence-corrected chi connectivity index (χ1v) is 12.7. The molecule has 10 heteroatoms. The molecule has 3 atom stereocenters. The van der Waals surface area contributed by atoms with Gasteiger partial charge in [0, 0.05) is 50.9 Å². The van der Waals surface area contributed by atoms with Crippen LogP contribution in [0.4, 0.5) is 0 Å². The van der Waals surface area contributed by atoms with Gasteiger partial charge >= 0.3 is 0 Å². The van der Waals surface area contributed by atoms with E-state index in [1.165, 1.54) is 4.90 Å². The van der Waals surface area contributed by atoms with E-state index in [9.17, 15) is 19.5 Å². The van der Waals surface area contributed by atoms with Gasteiger partial charge in [-0.2, -0.15) is 0 Å². The van der Waals surface area contributed by atoms with Crippen molar-refractivity contribution >= 4 is 17.7 Å². The van der Waals surface area contributed by atoms with E-state index in [0.29, 0.717) is 24.2 Å². The Kier molecular flexibility index (Phi) is 9.45. The molecule has 2 aromatic rings. The number of hydrogen-bond acceptors (Lipinski definition) is 7. The molecule has 1 aliphatic rings. The van der Waals surface area contributed by atoms with Crippen LogP contribution < -0.4 is 4.74 Å². The first-order valence-electron chi connectivity index (χ1n) is 12.7. The van der Waals surface area contributed by atoms with Crippen LogP contribution in [0.15, 0.2) is 36.5 Å². The van der Waals surface area contributed by atoms with Crippen molar-refractivity contribution in [3.8, 4) is 17.0 Å². The number of ether oxygens (including phenoxy) is 1. The minimum absolute atomic E-state index is 0.0377. The zero-order valence-corrected chi connectivity index (χ0v) is 23.3. The van der Waals surface area contributed by atoms with Crippen LogP contribution in [0.25, 0.3) is 11.1 Å². The molecule has 1 aromatic carbocycles. The number of pyridine rings is 1. The van der Waals surface area contributed by atoms with Crippen molar-refractivity contribution in [3.05, 3.63) is 47.7 Å². The zero-order chi connectivity index (χ0) is 28.1. The third-order valence-corrected chi connectivity index (χ3v) is 6.72. The monoisotopic (exact) mass is 525 g/mol. The summed E-state index contributed by atoms with van der Waals surface area (Å²) in [6, 6.07) is 8.44. The van der Waals surface area contributed by atoms with Crippen LogP contribution in [-0.4, -0.2) is 121 Å². The highest BCUT2D eigenvalue weighted by atomic mass is 16.5. The van der Waals surface area contributed by atoms with Gasteiger partial charge in [-0.25, -0.2) is 4.98 Å². The number of hydrogen-bond donors (Lipinski definition) is 1. The summed E-state index contributed by atoms with van der Waals surface area (Å²) in [5.41, 5.74) is 2.34. The van der Waals surface area contributed by atoms with Crippen LogP contribution >= 0.6 is 0 Å². The Hall–Kier alpha value is -3.50. The standard InChI is InChI=1S/C28H39N5O5/c1-18-14-33(19(2)17-34)28(37)23-12-22(20-8-10-21(11-9-20)27(36)31(5)6)13-29-26(23)38-24(18)15-32(7)25(35)16-30(3)4/h8-13,18-19,24,34H,14-17H2,1-7H3/t18-,19-,24-/m1/s1. The van der Waals surface area contributed by atoms with Crippen LogP contribution in [-0.2, 0) is 4.79 Å². The smallest absolute Gasteiger partial charge is 0.259 e. The fourth-order valence-corrected chi connectivity index (χ4v) is 4.30. The van der Waals surface area contributed by atoms with Crippen molar-refractivity contribution in [1.82, 2.24) is 24.6 Å². The predicted octanol–water partition coefficient (Wildman–Crippen LogP) is 1.69. The van der Waals surface area contributed by atoms with Gasteiger partial charge in [0.1, 0.15) is 11.7 Å². The van der Waals surface area contributed by atoms with E-state index in [-0.39, 0.29) is 48.2 Å². The first-order chi connectivity index (χ1) is 17.9. The van der Waals surface area contributed by atoms with E-state index < -0.39 is 12.1 Å². The van der Waals surface area contributed by atoms with Crippen LogP contribution in [0, 0.1) is 5.92 Å². The third kappa shape index (κ3) is 6.68. The largest absolute Gasteiger partial charge is 0.472 e. The molecule has 0 bridgehead atoms. The maximum atomic E-state index is 13.7. The molecular weight excluding hydrogens is 486 g/mol. The van der Waals surface area contributed by atoms with Crippen molar-refractivity contribution < 1.29 is 24.2 Å². The maximum Gasteiger partial charge on any atom is 0.259 e. The summed E-state index contributed by atoms with van der Waals surface area (Å²) in [5.74, 6) is -0.349. The summed E-state index contributed by atoms with van der Waals surface area (Å²) in [7, 11) is 8.81. The lowest BCUT2D eigenvalue weighted by Gasteiger charge is -2.37. The SMILES string of the molecule is C[C@@H]1CN([C@H](C)CO)C(=O)c2cc(-c3ccc(C(=O)N(C)C)cc3)cnc2O[C@@H]1CN(C)C(=O)CN(C)C. The van der Waals surface area contributed by atoms with E-state index in [1.807, 2.05) is 38.1 Å². The number of aliphatic hydroxyl groups is 1. The Morgan fingerprint density at radius 3 is 2.37 bits per heavy atom. The maximum absolute atomic E-state index is 13.7. The van der Waals surface area contributed by atoms with Crippen LogP contribution in [0.5, 0.6) is 5.88 Å². The van der Waals surface area contributed by atoms with Gasteiger partial charge in [0.2, 0.25) is 11.8 Å². The number of nitrogens with zero attached hydrogens (tertiary/aromatic N) is 5. The van der Waals surface area contributed by atoms with E-state index >= 15 is 0 Å². The zero-order valence-electron chi connectivity index (χ0n) is 23.3. The molecule has 1 aromatic heterocycles. The molecule has 3 rings (SSSR count). The fraction of sp³-hybridized carbons (Fsp3) is 0.500. The fourth-order valence-electron chi connectivity index (χ4n) is 4.30. The number of aromatic nitrogens is 1. The topological polar surface area (TPSA) is 107 Å². The summed E-state index contributed by atoms with van der Waals surface area (Å²) in [6.45, 7) is 4.54. The van der Waals surface area contributed by atoms with Crippen LogP contribution in [0.3, 0.4) is 0 Å². The lowest BCUT2D eigenvalue weighted by molar-refractivity contribution is -0.132. The van der Waals surface area contributed by atoms with Crippen molar-refractivity contribution in [1.29, 1.82) is 0 Å². The number of carbonyl (C=O) groups is 3. The van der Waals surface area contributed by atoms with Gasteiger partial charge in [0.25, 0.3) is 11.8 Å². The summed E-state index contributed by atoms with van der Waals surface area (Å²) < 4.78 is 6.30. The van der Waals surface area contributed by atoms with Gasteiger partial charge in [-0.3, -0.25) is 14.4 Å². The molecular formula is C28H39N5O5. The summed E-state index contributed by atoms with van der Waals surface area (Å²) in [4.78, 5) is 49.6. The molecule has 2 heterocycles. The minimum Gasteiger partial charge on any atom is -0.472 e. The Morgan fingerprint density at radius 2 is 1.79 bits per heavy atom. The van der Waals surface area contributed by atoms with Gasteiger partial charge in [-0.05, 0) is 44.8 Å². The molecule has 3 amide bonds. The average molecular weight is 526 g/mol. The minimum atomic E-state index is -0.416. The van der Waals surface area contributed by atoms with E-state index in [1.54, 1.807) is 62.3 Å². The van der Waals surface area contributed by atoms with E-state index in [0.717, 1.165) is 5.56 Å². The van der Waals surface area contributed by atoms with E-state index in [4.69, 9.17) is 4.74 Å². The molecule has 0 aliphatic carbocycles. The summed E-state index contributed by atoms with van der Waals surface area (Å²) in [5, 5.41) is 9.88. The van der Waals surface area contributed by atoms with Crippen molar-refractivity contribution in [3.63, 3.8) is 0 Å². The highest BCUT2D eigenvalue weighted by Crippen LogP contribution is 2.30. The lowest BCUT2D eigenvalue weighted by Crippen LogP contribution is -2.51. The molecule has 206 valence electrons. The number of likely N-dealkylation sites (N-methyl/N-ethyl adjacent to an activating group) is 2. The second-order valence-electron chi connectivity index (χ2n) is 10.5. The van der Waals surface area contributed by atoms with Gasteiger partial charge in [0.15, 0.2) is 0 Å². The molecule has 10 nitrogen and oxygen atoms in total. The lowest BCUT2D eigenvalue weighted by atomic mass is 9.99. The highest BCUT2D eigenvalue weighted by molar-refractivity contribution is 5.98. The number of fused-ring (bicyclic) bond motifs is 1. The molecule has 0 unspecified atom stereocenters. The highest BCUT2D eigenvalue weighted by Gasteiger charge is 2.34. The molecule has 0 saturated heterocycles. The Morgan fingerprint density at radius 1 is 1.13 bits per heavy atom. The van der Waals surface area contributed by atoms with E-state index in [2.05, 4.69) is 4.98 Å².